The third-order valence-electron chi connectivity index (χ3n) is 6.13. The second kappa shape index (κ2) is 8.06. The number of para-hydroxylation sites is 2. The van der Waals surface area contributed by atoms with Gasteiger partial charge in [0.1, 0.15) is 0 Å². The van der Waals surface area contributed by atoms with Crippen molar-refractivity contribution < 1.29 is 4.74 Å². The standard InChI is InChI=1S/C25H26N4O2/c1-17-18-9-10-22(27-23-8-3-2-7-21(23)26)19-5-4-6-20(24(18)19)25(30)29(17)12-11-28-13-15-31-16-14-28/h2-10,27H,1,11-16,26H2. The lowest BCUT2D eigenvalue weighted by atomic mass is 10.00. The molecule has 2 heterocycles. The number of rotatable bonds is 5. The Morgan fingerprint density at radius 2 is 1.68 bits per heavy atom. The number of nitrogens with two attached hydrogens (primary N) is 1. The molecule has 0 radical (unpaired) electrons. The molecule has 0 bridgehead atoms. The van der Waals surface area contributed by atoms with Crippen molar-refractivity contribution in [3.63, 3.8) is 0 Å². The van der Waals surface area contributed by atoms with Crippen LogP contribution in [0.25, 0.3) is 28.1 Å². The molecule has 3 N–H and O–H groups in total. The first-order valence-electron chi connectivity index (χ1n) is 10.6. The molecule has 1 fully saturated rings. The van der Waals surface area contributed by atoms with E-state index in [-0.39, 0.29) is 5.56 Å². The fourth-order valence-corrected chi connectivity index (χ4v) is 4.41. The van der Waals surface area contributed by atoms with Crippen LogP contribution in [0.4, 0.5) is 17.1 Å². The van der Waals surface area contributed by atoms with Crippen molar-refractivity contribution in [2.45, 2.75) is 6.54 Å². The van der Waals surface area contributed by atoms with Crippen molar-refractivity contribution >= 4 is 45.2 Å². The van der Waals surface area contributed by atoms with Gasteiger partial charge in [-0.1, -0.05) is 36.9 Å². The van der Waals surface area contributed by atoms with Crippen LogP contribution in [-0.2, 0) is 11.3 Å². The van der Waals surface area contributed by atoms with Crippen molar-refractivity contribution in [3.05, 3.63) is 70.3 Å². The van der Waals surface area contributed by atoms with Gasteiger partial charge in [0.2, 0.25) is 0 Å². The smallest absolute Gasteiger partial charge is 0.258 e. The summed E-state index contributed by atoms with van der Waals surface area (Å²) in [5.74, 6) is 0. The molecule has 1 aromatic heterocycles. The van der Waals surface area contributed by atoms with Crippen LogP contribution in [0, 0.1) is 0 Å². The number of hydrogen-bond donors (Lipinski definition) is 2. The van der Waals surface area contributed by atoms with Gasteiger partial charge in [-0.2, -0.15) is 0 Å². The number of nitrogens with zero attached hydrogens (tertiary/aromatic N) is 2. The van der Waals surface area contributed by atoms with E-state index in [9.17, 15) is 4.79 Å². The highest BCUT2D eigenvalue weighted by molar-refractivity contribution is 6.14. The summed E-state index contributed by atoms with van der Waals surface area (Å²) in [6.07, 6.45) is 0. The third kappa shape index (κ3) is 3.54. The molecule has 0 amide bonds. The number of nitrogens with one attached hydrogen (secondary N) is 1. The summed E-state index contributed by atoms with van der Waals surface area (Å²) in [6, 6.07) is 17.6. The van der Waals surface area contributed by atoms with Crippen LogP contribution < -0.4 is 22.0 Å². The summed E-state index contributed by atoms with van der Waals surface area (Å²) in [5, 5.41) is 7.83. The average molecular weight is 415 g/mol. The van der Waals surface area contributed by atoms with Gasteiger partial charge >= 0.3 is 0 Å². The van der Waals surface area contributed by atoms with Gasteiger partial charge in [0.25, 0.3) is 5.56 Å². The van der Waals surface area contributed by atoms with E-state index in [1.807, 2.05) is 59.2 Å². The molecular weight excluding hydrogens is 388 g/mol. The Hall–Kier alpha value is -3.35. The van der Waals surface area contributed by atoms with Crippen LogP contribution in [0.5, 0.6) is 0 Å². The SMILES string of the molecule is C=c1c2ccc(Nc3ccccc3N)c3cccc(c(=O)n1CCN1CCOCC1)c32. The van der Waals surface area contributed by atoms with Crippen LogP contribution in [0.1, 0.15) is 0 Å². The van der Waals surface area contributed by atoms with E-state index in [0.717, 1.165) is 65.7 Å². The molecule has 0 aliphatic carbocycles. The zero-order valence-corrected chi connectivity index (χ0v) is 17.4. The number of anilines is 3. The van der Waals surface area contributed by atoms with Gasteiger partial charge in [0.05, 0.1) is 24.6 Å². The molecule has 6 heteroatoms. The highest BCUT2D eigenvalue weighted by Gasteiger charge is 2.15. The van der Waals surface area contributed by atoms with E-state index >= 15 is 0 Å². The normalized spacial score (nSPS) is 15.0. The molecular formula is C25H26N4O2. The van der Waals surface area contributed by atoms with Gasteiger partial charge < -0.3 is 20.4 Å². The van der Waals surface area contributed by atoms with E-state index in [0.29, 0.717) is 17.6 Å². The molecule has 4 aromatic rings. The lowest BCUT2D eigenvalue weighted by Gasteiger charge is -2.27. The summed E-state index contributed by atoms with van der Waals surface area (Å²) < 4.78 is 7.24. The highest BCUT2D eigenvalue weighted by atomic mass is 16.5. The second-order valence-corrected chi connectivity index (χ2v) is 7.96. The number of aromatic nitrogens is 1. The Balaban J connectivity index is 1.59. The minimum Gasteiger partial charge on any atom is -0.397 e. The molecule has 6 nitrogen and oxygen atoms in total. The summed E-state index contributed by atoms with van der Waals surface area (Å²) in [6.45, 7) is 9.01. The number of pyridine rings is 1. The third-order valence-corrected chi connectivity index (χ3v) is 6.13. The number of benzene rings is 3. The second-order valence-electron chi connectivity index (χ2n) is 7.96. The molecule has 0 saturated carbocycles. The molecule has 1 saturated heterocycles. The molecule has 3 aromatic carbocycles. The lowest BCUT2D eigenvalue weighted by molar-refractivity contribution is 0.0362. The predicted octanol–water partition coefficient (Wildman–Crippen LogP) is 2.94. The molecule has 31 heavy (non-hydrogen) atoms. The van der Waals surface area contributed by atoms with Crippen LogP contribution in [0.2, 0.25) is 0 Å². The Morgan fingerprint density at radius 1 is 0.903 bits per heavy atom. The molecule has 158 valence electrons. The molecule has 1 aliphatic rings. The number of ether oxygens (including phenoxy) is 1. The fraction of sp³-hybridized carbons (Fsp3) is 0.240. The minimum atomic E-state index is 0.00716. The summed E-state index contributed by atoms with van der Waals surface area (Å²) in [7, 11) is 0. The molecule has 0 unspecified atom stereocenters. The summed E-state index contributed by atoms with van der Waals surface area (Å²) >= 11 is 0. The first-order chi connectivity index (χ1) is 15.1. The van der Waals surface area contributed by atoms with Gasteiger partial charge in [0.15, 0.2) is 0 Å². The maximum Gasteiger partial charge on any atom is 0.258 e. The van der Waals surface area contributed by atoms with Crippen molar-refractivity contribution in [2.24, 2.45) is 0 Å². The van der Waals surface area contributed by atoms with Gasteiger partial charge in [0, 0.05) is 58.8 Å². The molecule has 1 aliphatic heterocycles. The van der Waals surface area contributed by atoms with Crippen molar-refractivity contribution in [1.82, 2.24) is 9.47 Å². The van der Waals surface area contributed by atoms with E-state index in [2.05, 4.69) is 16.8 Å². The molecule has 5 rings (SSSR count). The number of morpholine rings is 1. The minimum absolute atomic E-state index is 0.00716. The maximum absolute atomic E-state index is 13.4. The molecule has 0 atom stereocenters. The topological polar surface area (TPSA) is 72.5 Å². The maximum atomic E-state index is 13.4. The molecule has 0 spiro atoms. The summed E-state index contributed by atoms with van der Waals surface area (Å²) in [4.78, 5) is 15.7. The fourth-order valence-electron chi connectivity index (χ4n) is 4.41. The van der Waals surface area contributed by atoms with E-state index in [1.165, 1.54) is 0 Å². The van der Waals surface area contributed by atoms with Crippen LogP contribution in [0.15, 0.2) is 59.4 Å². The predicted molar refractivity (Wildman–Crippen MR) is 128 cm³/mol. The first-order valence-corrected chi connectivity index (χ1v) is 10.6. The summed E-state index contributed by atoms with van der Waals surface area (Å²) in [5.41, 5.74) is 8.56. The van der Waals surface area contributed by atoms with Crippen molar-refractivity contribution in [3.8, 4) is 0 Å². The quantitative estimate of drug-likeness (QED) is 0.491. The Labute approximate surface area is 180 Å². The van der Waals surface area contributed by atoms with Crippen LogP contribution in [0.3, 0.4) is 0 Å². The van der Waals surface area contributed by atoms with Crippen LogP contribution >= 0.6 is 0 Å². The van der Waals surface area contributed by atoms with Gasteiger partial charge in [-0.25, -0.2) is 0 Å². The van der Waals surface area contributed by atoms with Gasteiger partial charge in [-0.15, -0.1) is 0 Å². The largest absolute Gasteiger partial charge is 0.397 e. The number of hydrogen-bond acceptors (Lipinski definition) is 5. The zero-order chi connectivity index (χ0) is 21.4. The number of nitrogen functional groups attached to an aromatic ring is 1. The average Bonchev–Trinajstić information content (AvgIpc) is 2.80. The van der Waals surface area contributed by atoms with Gasteiger partial charge in [-0.05, 0) is 24.3 Å². The first kappa shape index (κ1) is 19.6. The lowest BCUT2D eigenvalue weighted by Crippen LogP contribution is -2.42. The van der Waals surface area contributed by atoms with E-state index < -0.39 is 0 Å². The Kier molecular flexibility index (Phi) is 5.10. The highest BCUT2D eigenvalue weighted by Crippen LogP contribution is 2.32. The van der Waals surface area contributed by atoms with Crippen LogP contribution in [-0.4, -0.2) is 42.3 Å². The van der Waals surface area contributed by atoms with E-state index in [1.54, 1.807) is 0 Å². The Morgan fingerprint density at radius 3 is 2.48 bits per heavy atom. The zero-order valence-electron chi connectivity index (χ0n) is 17.4. The van der Waals surface area contributed by atoms with Gasteiger partial charge in [-0.3, -0.25) is 9.69 Å². The van der Waals surface area contributed by atoms with Crippen molar-refractivity contribution in [2.75, 3.05) is 43.9 Å². The van der Waals surface area contributed by atoms with E-state index in [4.69, 9.17) is 10.5 Å². The van der Waals surface area contributed by atoms with Crippen molar-refractivity contribution in [1.29, 1.82) is 0 Å². The monoisotopic (exact) mass is 414 g/mol. The Bertz CT molecular complexity index is 1320.